The van der Waals surface area contributed by atoms with Crippen LogP contribution in [0.25, 0.3) is 64.3 Å². The Morgan fingerprint density at radius 2 is 1.40 bits per heavy atom. The molecule has 0 spiro atoms. The Hall–Kier alpha value is -5.19. The van der Waals surface area contributed by atoms with Crippen LogP contribution in [0, 0.1) is 0 Å². The molecule has 3 heterocycles. The highest BCUT2D eigenvalue weighted by molar-refractivity contribution is 7.26. The summed E-state index contributed by atoms with van der Waals surface area (Å²) in [6.45, 7) is 0. The van der Waals surface area contributed by atoms with Gasteiger partial charge in [0.2, 0.25) is 5.89 Å². The molecule has 2 unspecified atom stereocenters. The summed E-state index contributed by atoms with van der Waals surface area (Å²) in [6, 6.07) is 39.5. The maximum atomic E-state index is 6.66. The van der Waals surface area contributed by atoms with E-state index in [9.17, 15) is 0 Å². The molecule has 0 saturated carbocycles. The number of rotatable bonds is 2. The fourth-order valence-corrected chi connectivity index (χ4v) is 8.50. The number of nitrogens with zero attached hydrogens (tertiary/aromatic N) is 2. The second-order valence-corrected chi connectivity index (χ2v) is 12.5. The molecule has 0 saturated heterocycles. The van der Waals surface area contributed by atoms with Crippen LogP contribution < -0.4 is 4.90 Å². The predicted octanol–water partition coefficient (Wildman–Crippen LogP) is 10.9. The number of hydrogen-bond donors (Lipinski definition) is 0. The van der Waals surface area contributed by atoms with Crippen molar-refractivity contribution in [3.05, 3.63) is 139 Å². The van der Waals surface area contributed by atoms with Crippen molar-refractivity contribution in [3.63, 3.8) is 0 Å². The summed E-state index contributed by atoms with van der Waals surface area (Å²) in [5, 5.41) is 7.32. The highest BCUT2D eigenvalue weighted by Gasteiger charge is 2.39. The summed E-state index contributed by atoms with van der Waals surface area (Å²) in [5.74, 6) is 0.955. The first-order valence-electron chi connectivity index (χ1n) is 14.7. The Balaban J connectivity index is 1.19. The average molecular weight is 569 g/mol. The van der Waals surface area contributed by atoms with Crippen molar-refractivity contribution >= 4 is 75.5 Å². The molecule has 43 heavy (non-hydrogen) atoms. The molecule has 3 nitrogen and oxygen atoms in total. The van der Waals surface area contributed by atoms with Gasteiger partial charge in [-0.15, -0.1) is 11.3 Å². The second-order valence-electron chi connectivity index (χ2n) is 11.5. The van der Waals surface area contributed by atoms with Crippen LogP contribution in [-0.4, -0.2) is 11.0 Å². The molecule has 0 radical (unpaired) electrons. The van der Waals surface area contributed by atoms with E-state index in [1.165, 1.54) is 47.9 Å². The lowest BCUT2D eigenvalue weighted by Gasteiger charge is -2.30. The maximum absolute atomic E-state index is 6.66. The van der Waals surface area contributed by atoms with E-state index in [1.807, 2.05) is 0 Å². The van der Waals surface area contributed by atoms with Gasteiger partial charge in [0, 0.05) is 48.4 Å². The van der Waals surface area contributed by atoms with E-state index < -0.39 is 0 Å². The van der Waals surface area contributed by atoms with Crippen LogP contribution >= 0.6 is 11.3 Å². The van der Waals surface area contributed by atoms with Crippen LogP contribution in [0.15, 0.2) is 138 Å². The van der Waals surface area contributed by atoms with Crippen LogP contribution in [0.3, 0.4) is 0 Å². The summed E-state index contributed by atoms with van der Waals surface area (Å²) in [7, 11) is 0. The van der Waals surface area contributed by atoms with E-state index in [2.05, 4.69) is 138 Å². The molecule has 10 rings (SSSR count). The molecule has 202 valence electrons. The normalized spacial score (nSPS) is 17.5. The SMILES string of the molecule is C1=CC2c3c(ccc4ccccc34)N(c3ccc(-c4nc5ccc6sc7ccccc7c6c5o4)c4ccccc34)C2C=C1. The number of aromatic nitrogens is 1. The summed E-state index contributed by atoms with van der Waals surface area (Å²) in [5.41, 5.74) is 6.64. The first kappa shape index (κ1) is 23.4. The fourth-order valence-electron chi connectivity index (χ4n) is 7.39. The molecule has 8 aromatic rings. The van der Waals surface area contributed by atoms with Crippen LogP contribution in [0.4, 0.5) is 11.4 Å². The third-order valence-corrected chi connectivity index (χ3v) is 10.4. The minimum Gasteiger partial charge on any atom is -0.435 e. The maximum Gasteiger partial charge on any atom is 0.227 e. The third-order valence-electron chi connectivity index (χ3n) is 9.23. The van der Waals surface area contributed by atoms with E-state index in [0.29, 0.717) is 11.8 Å². The van der Waals surface area contributed by atoms with E-state index >= 15 is 0 Å². The quantitative estimate of drug-likeness (QED) is 0.208. The molecule has 1 aliphatic heterocycles. The molecular weight excluding hydrogens is 545 g/mol. The minimum absolute atomic E-state index is 0.213. The van der Waals surface area contributed by atoms with Crippen LogP contribution in [-0.2, 0) is 0 Å². The molecule has 0 fully saturated rings. The Labute approximate surface area is 251 Å². The zero-order valence-electron chi connectivity index (χ0n) is 23.1. The number of allylic oxidation sites excluding steroid dienone is 2. The van der Waals surface area contributed by atoms with Crippen molar-refractivity contribution in [1.82, 2.24) is 4.98 Å². The molecular formula is C39H24N2OS. The standard InChI is InChI=1S/C39H24N2OS/c1-2-10-24-23(9-1)17-20-33-36(24)28-13-5-7-15-31(28)41(33)32-21-18-27(25-11-3-4-12-26(25)32)39-40-30-19-22-35-37(38(30)42-39)29-14-6-8-16-34(29)43-35/h1-22,28,31H. The van der Waals surface area contributed by atoms with Gasteiger partial charge in [-0.2, -0.15) is 0 Å². The van der Waals surface area contributed by atoms with Crippen LogP contribution in [0.1, 0.15) is 11.5 Å². The first-order chi connectivity index (χ1) is 21.3. The van der Waals surface area contributed by atoms with Gasteiger partial charge in [-0.3, -0.25) is 0 Å². The van der Waals surface area contributed by atoms with Gasteiger partial charge in [0.25, 0.3) is 0 Å². The third kappa shape index (κ3) is 3.21. The molecule has 0 N–H and O–H groups in total. The van der Waals surface area contributed by atoms with Crippen LogP contribution in [0.5, 0.6) is 0 Å². The van der Waals surface area contributed by atoms with Gasteiger partial charge in [-0.05, 0) is 58.1 Å². The molecule has 4 heteroatoms. The van der Waals surface area contributed by atoms with Gasteiger partial charge in [0.1, 0.15) is 5.52 Å². The zero-order valence-corrected chi connectivity index (χ0v) is 23.9. The van der Waals surface area contributed by atoms with Gasteiger partial charge >= 0.3 is 0 Å². The minimum atomic E-state index is 0.213. The molecule has 1 aliphatic carbocycles. The van der Waals surface area contributed by atoms with E-state index in [-0.39, 0.29) is 6.04 Å². The lowest BCUT2D eigenvalue weighted by molar-refractivity contribution is 0.624. The highest BCUT2D eigenvalue weighted by atomic mass is 32.1. The molecule has 0 amide bonds. The topological polar surface area (TPSA) is 29.3 Å². The lowest BCUT2D eigenvalue weighted by atomic mass is 9.88. The molecule has 6 aromatic carbocycles. The molecule has 2 aliphatic rings. The van der Waals surface area contributed by atoms with Gasteiger partial charge < -0.3 is 9.32 Å². The number of thiophene rings is 1. The molecule has 2 atom stereocenters. The average Bonchev–Trinajstić information content (AvgIpc) is 3.76. The second kappa shape index (κ2) is 8.66. The number of fused-ring (bicyclic) bond motifs is 11. The van der Waals surface area contributed by atoms with E-state index in [4.69, 9.17) is 9.40 Å². The number of anilines is 2. The van der Waals surface area contributed by atoms with Crippen molar-refractivity contribution < 1.29 is 4.42 Å². The van der Waals surface area contributed by atoms with Crippen molar-refractivity contribution in [2.45, 2.75) is 12.0 Å². The monoisotopic (exact) mass is 568 g/mol. The number of hydrogen-bond acceptors (Lipinski definition) is 4. The highest BCUT2D eigenvalue weighted by Crippen LogP contribution is 2.52. The van der Waals surface area contributed by atoms with Gasteiger partial charge in [0.15, 0.2) is 5.58 Å². The van der Waals surface area contributed by atoms with Crippen LogP contribution in [0.2, 0.25) is 0 Å². The summed E-state index contributed by atoms with van der Waals surface area (Å²) in [6.07, 6.45) is 9.09. The Bertz CT molecular complexity index is 2500. The van der Waals surface area contributed by atoms with Gasteiger partial charge in [-0.25, -0.2) is 4.98 Å². The van der Waals surface area contributed by atoms with Gasteiger partial charge in [-0.1, -0.05) is 97.1 Å². The first-order valence-corrected chi connectivity index (χ1v) is 15.5. The van der Waals surface area contributed by atoms with Crippen molar-refractivity contribution in [1.29, 1.82) is 0 Å². The largest absolute Gasteiger partial charge is 0.435 e. The Morgan fingerprint density at radius 1 is 0.628 bits per heavy atom. The van der Waals surface area contributed by atoms with Crippen molar-refractivity contribution in [2.75, 3.05) is 4.90 Å². The lowest BCUT2D eigenvalue weighted by Crippen LogP contribution is -2.28. The van der Waals surface area contributed by atoms with E-state index in [0.717, 1.165) is 27.4 Å². The molecule has 0 bridgehead atoms. The summed E-state index contributed by atoms with van der Waals surface area (Å²) < 4.78 is 9.15. The van der Waals surface area contributed by atoms with E-state index in [1.54, 1.807) is 11.3 Å². The zero-order chi connectivity index (χ0) is 28.1. The fraction of sp³-hybridized carbons (Fsp3) is 0.0513. The smallest absolute Gasteiger partial charge is 0.227 e. The number of benzene rings is 6. The summed E-state index contributed by atoms with van der Waals surface area (Å²) >= 11 is 1.80. The number of oxazole rings is 1. The van der Waals surface area contributed by atoms with Gasteiger partial charge in [0.05, 0.1) is 6.04 Å². The Morgan fingerprint density at radius 3 is 2.33 bits per heavy atom. The van der Waals surface area contributed by atoms with Crippen molar-refractivity contribution in [3.8, 4) is 11.5 Å². The Kier molecular flexibility index (Phi) is 4.71. The predicted molar refractivity (Wildman–Crippen MR) is 181 cm³/mol. The van der Waals surface area contributed by atoms with Crippen molar-refractivity contribution in [2.24, 2.45) is 0 Å². The molecule has 2 aromatic heterocycles. The summed E-state index contributed by atoms with van der Waals surface area (Å²) in [4.78, 5) is 7.57.